The lowest BCUT2D eigenvalue weighted by Crippen LogP contribution is -2.17. The van der Waals surface area contributed by atoms with Crippen molar-refractivity contribution < 1.29 is 9.22 Å². The summed E-state index contributed by atoms with van der Waals surface area (Å²) < 4.78 is 29.7. The number of rotatable bonds is 6. The lowest BCUT2D eigenvalue weighted by Gasteiger charge is -2.27. The highest BCUT2D eigenvalue weighted by molar-refractivity contribution is 6.14. The van der Waals surface area contributed by atoms with E-state index in [-0.39, 0.29) is 38.4 Å². The van der Waals surface area contributed by atoms with Gasteiger partial charge in [0.25, 0.3) is 0 Å². The fourth-order valence-electron chi connectivity index (χ4n) is 10.3. The van der Waals surface area contributed by atoms with E-state index in [1.807, 2.05) is 6.20 Å². The molecule has 74 heavy (non-hydrogen) atoms. The van der Waals surface area contributed by atoms with E-state index in [1.165, 1.54) is 39.5 Å². The fourth-order valence-corrected chi connectivity index (χ4v) is 10.3. The van der Waals surface area contributed by atoms with E-state index >= 15 is 0 Å². The van der Waals surface area contributed by atoms with Crippen LogP contribution in [0.5, 0.6) is 5.75 Å². The number of aromatic nitrogens is 4. The maximum absolute atomic E-state index is 11.7. The van der Waals surface area contributed by atoms with E-state index in [2.05, 4.69) is 240 Å². The summed E-state index contributed by atoms with van der Waals surface area (Å²) in [7, 11) is 0. The zero-order valence-electron chi connectivity index (χ0n) is 49.2. The third-order valence-electron chi connectivity index (χ3n) is 14.9. The number of hydrogen-bond donors (Lipinski definition) is 1. The van der Waals surface area contributed by atoms with Crippen LogP contribution in [0, 0.1) is 6.85 Å². The van der Waals surface area contributed by atoms with Crippen molar-refractivity contribution in [2.45, 2.75) is 138 Å². The van der Waals surface area contributed by atoms with Gasteiger partial charge < -0.3 is 9.67 Å². The SMILES string of the molecule is [2H]C([2H])([2H])c1ccc(O)c(-c2nc3c(-c4cc(-c5cc(-c6cc(C(C)(C)C)cc7c8cc(C(C)(C)C)ccc8n(-c8ccccc8)c67)ccn5)cc(C(C)(C)C)c4)cccc3n2-c2cc(C(C)(C)C)cc(C(C)(C)C)c2)c1. The van der Waals surface area contributed by atoms with Crippen molar-refractivity contribution in [2.24, 2.45) is 0 Å². The molecule has 3 heterocycles. The molecular formula is C69H74N4O. The van der Waals surface area contributed by atoms with E-state index < -0.39 is 6.85 Å². The van der Waals surface area contributed by atoms with Crippen LogP contribution in [0.15, 0.2) is 152 Å². The predicted octanol–water partition coefficient (Wildman–Crippen LogP) is 18.7. The van der Waals surface area contributed by atoms with Gasteiger partial charge in [0, 0.05) is 49.1 Å². The molecule has 0 atom stereocenters. The van der Waals surface area contributed by atoms with E-state index in [1.54, 1.807) is 6.07 Å². The van der Waals surface area contributed by atoms with Crippen LogP contribution in [-0.2, 0) is 27.1 Å². The molecule has 0 aliphatic heterocycles. The second-order valence-electron chi connectivity index (χ2n) is 25.7. The van der Waals surface area contributed by atoms with Gasteiger partial charge >= 0.3 is 0 Å². The van der Waals surface area contributed by atoms with Gasteiger partial charge in [-0.15, -0.1) is 0 Å². The molecular weight excluding hydrogens is 901 g/mol. The first-order chi connectivity index (χ1) is 35.9. The lowest BCUT2D eigenvalue weighted by atomic mass is 9.80. The Bertz CT molecular complexity index is 3900. The largest absolute Gasteiger partial charge is 0.507 e. The van der Waals surface area contributed by atoms with Crippen LogP contribution in [0.1, 0.15) is 141 Å². The minimum absolute atomic E-state index is 0.0292. The van der Waals surface area contributed by atoms with Crippen LogP contribution in [0.25, 0.3) is 89.1 Å². The molecule has 10 rings (SSSR count). The van der Waals surface area contributed by atoms with Crippen molar-refractivity contribution in [3.8, 4) is 62.0 Å². The molecule has 3 aromatic heterocycles. The highest BCUT2D eigenvalue weighted by atomic mass is 16.3. The van der Waals surface area contributed by atoms with Crippen molar-refractivity contribution in [2.75, 3.05) is 0 Å². The summed E-state index contributed by atoms with van der Waals surface area (Å²) in [5, 5.41) is 14.2. The maximum atomic E-state index is 11.7. The molecule has 0 aliphatic rings. The molecule has 5 heteroatoms. The summed E-state index contributed by atoms with van der Waals surface area (Å²) in [6, 6.07) is 51.2. The fraction of sp³-hybridized carbons (Fsp3) is 0.304. The average molecular weight is 978 g/mol. The number of nitrogens with zero attached hydrogens (tertiary/aromatic N) is 4. The molecule has 1 N–H and O–H groups in total. The number of pyridine rings is 1. The summed E-state index contributed by atoms with van der Waals surface area (Å²) in [4.78, 5) is 10.6. The van der Waals surface area contributed by atoms with Gasteiger partial charge in [-0.25, -0.2) is 4.98 Å². The highest BCUT2D eigenvalue weighted by Gasteiger charge is 2.28. The Hall–Kier alpha value is -7.24. The number of para-hydroxylation sites is 2. The second kappa shape index (κ2) is 17.7. The number of phenolic OH excluding ortho intramolecular Hbond substituents is 1. The summed E-state index contributed by atoms with van der Waals surface area (Å²) in [6.45, 7) is 31.4. The Morgan fingerprint density at radius 3 is 1.70 bits per heavy atom. The van der Waals surface area contributed by atoms with Crippen molar-refractivity contribution >= 4 is 32.8 Å². The molecule has 0 aliphatic carbocycles. The number of benzene rings is 7. The van der Waals surface area contributed by atoms with Gasteiger partial charge in [-0.2, -0.15) is 0 Å². The van der Waals surface area contributed by atoms with Gasteiger partial charge in [0.15, 0.2) is 0 Å². The van der Waals surface area contributed by atoms with Gasteiger partial charge in [-0.05, 0) is 164 Å². The molecule has 5 nitrogen and oxygen atoms in total. The van der Waals surface area contributed by atoms with Gasteiger partial charge in [-0.1, -0.05) is 164 Å². The Kier molecular flexibility index (Phi) is 11.1. The smallest absolute Gasteiger partial charge is 0.149 e. The highest BCUT2D eigenvalue weighted by Crippen LogP contribution is 2.45. The lowest BCUT2D eigenvalue weighted by molar-refractivity contribution is 0.476. The van der Waals surface area contributed by atoms with E-state index in [0.717, 1.165) is 78.1 Å². The standard InChI is InChI=1S/C69H74N4O/c1-42-25-28-61(74)57(31-42)64-71-62-53(23-20-24-60(62)73(64)52-37-48(67(8,9)10)36-49(38-52)68(11,12)13)44-32-45(34-47(33-44)66(5,6)7)58-35-43(29-30-70-58)54-40-50(69(14,15)16)41-56-55-39-46(65(2,3)4)26-27-59(55)72(63(54)56)51-21-18-17-19-22-51/h17-41,74H,1-16H3/i1D3. The zero-order chi connectivity index (χ0) is 55.5. The summed E-state index contributed by atoms with van der Waals surface area (Å²) >= 11 is 0. The van der Waals surface area contributed by atoms with Gasteiger partial charge in [0.05, 0.1) is 33.3 Å². The number of aryl methyl sites for hydroxylation is 1. The van der Waals surface area contributed by atoms with Crippen LogP contribution in [0.4, 0.5) is 0 Å². The van der Waals surface area contributed by atoms with Gasteiger partial charge in [0.2, 0.25) is 0 Å². The minimum Gasteiger partial charge on any atom is -0.507 e. The molecule has 10 aromatic rings. The molecule has 0 amide bonds. The molecule has 0 radical (unpaired) electrons. The van der Waals surface area contributed by atoms with Gasteiger partial charge in [0.1, 0.15) is 11.6 Å². The number of hydrogen-bond acceptors (Lipinski definition) is 3. The zero-order valence-corrected chi connectivity index (χ0v) is 46.2. The first kappa shape index (κ1) is 46.5. The van der Waals surface area contributed by atoms with E-state index in [0.29, 0.717) is 11.4 Å². The Morgan fingerprint density at radius 1 is 0.432 bits per heavy atom. The van der Waals surface area contributed by atoms with Gasteiger partial charge in [-0.3, -0.25) is 9.55 Å². The van der Waals surface area contributed by atoms with Crippen LogP contribution in [0.3, 0.4) is 0 Å². The summed E-state index contributed by atoms with van der Waals surface area (Å²) in [5.41, 5.74) is 17.5. The number of fused-ring (bicyclic) bond motifs is 4. The molecule has 0 fully saturated rings. The molecule has 0 spiro atoms. The van der Waals surface area contributed by atoms with Crippen molar-refractivity contribution in [3.63, 3.8) is 0 Å². The third kappa shape index (κ3) is 9.24. The monoisotopic (exact) mass is 978 g/mol. The first-order valence-corrected chi connectivity index (χ1v) is 26.2. The third-order valence-corrected chi connectivity index (χ3v) is 14.9. The quantitative estimate of drug-likeness (QED) is 0.181. The number of imidazole rings is 1. The van der Waals surface area contributed by atoms with E-state index in [4.69, 9.17) is 14.1 Å². The second-order valence-corrected chi connectivity index (χ2v) is 25.7. The normalized spacial score (nSPS) is 13.7. The molecule has 0 unspecified atom stereocenters. The Balaban J connectivity index is 1.23. The van der Waals surface area contributed by atoms with Crippen molar-refractivity contribution in [1.82, 2.24) is 19.1 Å². The van der Waals surface area contributed by atoms with Crippen LogP contribution >= 0.6 is 0 Å². The Labute approximate surface area is 444 Å². The summed E-state index contributed by atoms with van der Waals surface area (Å²) in [5.74, 6) is 0.404. The molecule has 0 saturated carbocycles. The average Bonchev–Trinajstić information content (AvgIpc) is 3.92. The van der Waals surface area contributed by atoms with Crippen LogP contribution in [-0.4, -0.2) is 24.2 Å². The molecule has 0 bridgehead atoms. The number of phenols is 1. The van der Waals surface area contributed by atoms with Crippen LogP contribution < -0.4 is 0 Å². The topological polar surface area (TPSA) is 55.9 Å². The van der Waals surface area contributed by atoms with E-state index in [9.17, 15) is 5.11 Å². The minimum atomic E-state index is -2.40. The molecule has 7 aromatic carbocycles. The predicted molar refractivity (Wildman–Crippen MR) is 315 cm³/mol. The van der Waals surface area contributed by atoms with Crippen LogP contribution in [0.2, 0.25) is 0 Å². The summed E-state index contributed by atoms with van der Waals surface area (Å²) in [6.07, 6.45) is 1.95. The first-order valence-electron chi connectivity index (χ1n) is 27.7. The Morgan fingerprint density at radius 2 is 1.05 bits per heavy atom. The maximum Gasteiger partial charge on any atom is 0.149 e. The number of aromatic hydroxyl groups is 1. The molecule has 376 valence electrons. The van der Waals surface area contributed by atoms with Crippen molar-refractivity contribution in [1.29, 1.82) is 0 Å². The van der Waals surface area contributed by atoms with Crippen molar-refractivity contribution in [3.05, 3.63) is 185 Å². The molecule has 0 saturated heterocycles.